The number of Topliss-reactive ketones (excluding diaryl/α,β-unsaturated/α-hetero) is 6. The molecule has 3 aromatic rings. The average Bonchev–Trinajstić information content (AvgIpc) is 3.23. The number of carbonyl (C=O) groups is 6. The quantitative estimate of drug-likeness (QED) is 0.520. The van der Waals surface area contributed by atoms with E-state index in [2.05, 4.69) is 9.97 Å². The van der Waals surface area contributed by atoms with Crippen molar-refractivity contribution in [3.8, 4) is 0 Å². The van der Waals surface area contributed by atoms with Crippen LogP contribution in [0, 0.1) is 11.8 Å². The summed E-state index contributed by atoms with van der Waals surface area (Å²) < 4.78 is 0. The van der Waals surface area contributed by atoms with E-state index in [9.17, 15) is 28.8 Å². The van der Waals surface area contributed by atoms with E-state index in [4.69, 9.17) is 0 Å². The van der Waals surface area contributed by atoms with Crippen LogP contribution in [0.5, 0.6) is 0 Å². The fraction of sp³-hybridized carbons (Fsp3) is 0.154. The molecule has 0 saturated heterocycles. The first-order chi connectivity index (χ1) is 16.4. The van der Waals surface area contributed by atoms with Gasteiger partial charge in [0.1, 0.15) is 11.8 Å². The summed E-state index contributed by atoms with van der Waals surface area (Å²) in [5, 5.41) is 0. The minimum Gasteiger partial charge on any atom is -0.298 e. The van der Waals surface area contributed by atoms with Gasteiger partial charge in [0.2, 0.25) is 0 Å². The number of aromatic nitrogens is 2. The van der Waals surface area contributed by atoms with Crippen molar-refractivity contribution in [1.82, 2.24) is 9.97 Å². The van der Waals surface area contributed by atoms with Crippen molar-refractivity contribution < 1.29 is 28.8 Å². The minimum absolute atomic E-state index is 0.0692. The van der Waals surface area contributed by atoms with Gasteiger partial charge >= 0.3 is 0 Å². The van der Waals surface area contributed by atoms with E-state index in [1.807, 2.05) is 0 Å². The first-order valence-corrected chi connectivity index (χ1v) is 10.5. The van der Waals surface area contributed by atoms with Crippen LogP contribution in [-0.2, 0) is 22.4 Å². The smallest absolute Gasteiger partial charge is 0.181 e. The molecule has 2 heterocycles. The molecule has 0 spiro atoms. The third kappa shape index (κ3) is 3.40. The first kappa shape index (κ1) is 21.4. The number of nitrogens with zero attached hydrogens (tertiary/aromatic N) is 2. The monoisotopic (exact) mass is 452 g/mol. The van der Waals surface area contributed by atoms with Crippen LogP contribution >= 0.6 is 0 Å². The molecule has 0 fully saturated rings. The van der Waals surface area contributed by atoms with Gasteiger partial charge in [0.25, 0.3) is 0 Å². The molecule has 0 unspecified atom stereocenters. The van der Waals surface area contributed by atoms with E-state index in [0.29, 0.717) is 11.1 Å². The van der Waals surface area contributed by atoms with Crippen molar-refractivity contribution in [2.45, 2.75) is 12.8 Å². The highest BCUT2D eigenvalue weighted by Gasteiger charge is 2.48. The zero-order chi connectivity index (χ0) is 24.0. The fourth-order valence-corrected chi connectivity index (χ4v) is 4.47. The number of ketones is 6. The Labute approximate surface area is 193 Å². The van der Waals surface area contributed by atoms with Crippen molar-refractivity contribution in [1.29, 1.82) is 0 Å². The molecule has 34 heavy (non-hydrogen) atoms. The highest BCUT2D eigenvalue weighted by molar-refractivity contribution is 6.40. The van der Waals surface area contributed by atoms with Gasteiger partial charge in [-0.05, 0) is 47.5 Å². The van der Waals surface area contributed by atoms with E-state index in [0.717, 1.165) is 0 Å². The summed E-state index contributed by atoms with van der Waals surface area (Å²) in [5.74, 6) is -6.97. The third-order valence-electron chi connectivity index (χ3n) is 6.17. The molecule has 8 heteroatoms. The zero-order valence-corrected chi connectivity index (χ0v) is 17.7. The lowest BCUT2D eigenvalue weighted by Gasteiger charge is -2.06. The summed E-state index contributed by atoms with van der Waals surface area (Å²) >= 11 is 0. The van der Waals surface area contributed by atoms with E-state index in [1.54, 1.807) is 24.3 Å². The van der Waals surface area contributed by atoms with Gasteiger partial charge in [0, 0.05) is 59.9 Å². The van der Waals surface area contributed by atoms with Gasteiger partial charge in [-0.25, -0.2) is 0 Å². The zero-order valence-electron chi connectivity index (χ0n) is 17.7. The lowest BCUT2D eigenvalue weighted by Crippen LogP contribution is -2.27. The molecule has 8 nitrogen and oxygen atoms in total. The van der Waals surface area contributed by atoms with E-state index < -0.39 is 46.5 Å². The van der Waals surface area contributed by atoms with Crippen molar-refractivity contribution in [2.24, 2.45) is 11.8 Å². The van der Waals surface area contributed by atoms with Gasteiger partial charge in [0.05, 0.1) is 0 Å². The van der Waals surface area contributed by atoms with Crippen LogP contribution in [0.25, 0.3) is 0 Å². The van der Waals surface area contributed by atoms with E-state index in [-0.39, 0.29) is 35.1 Å². The Morgan fingerprint density at radius 3 is 1.15 bits per heavy atom. The molecular formula is C26H16N2O6. The topological polar surface area (TPSA) is 128 Å². The highest BCUT2D eigenvalue weighted by Crippen LogP contribution is 2.36. The van der Waals surface area contributed by atoms with Gasteiger partial charge < -0.3 is 0 Å². The predicted molar refractivity (Wildman–Crippen MR) is 117 cm³/mol. The van der Waals surface area contributed by atoms with Crippen LogP contribution < -0.4 is 0 Å². The number of hydrogen-bond donors (Lipinski definition) is 0. The Morgan fingerprint density at radius 2 is 0.853 bits per heavy atom. The maximum atomic E-state index is 13.0. The molecule has 0 aliphatic heterocycles. The summed E-state index contributed by atoms with van der Waals surface area (Å²) in [6, 6.07) is 8.83. The molecule has 2 aromatic heterocycles. The molecule has 166 valence electrons. The van der Waals surface area contributed by atoms with Crippen LogP contribution in [0.2, 0.25) is 0 Å². The summed E-state index contributed by atoms with van der Waals surface area (Å²) in [4.78, 5) is 85.1. The molecule has 2 aliphatic rings. The molecule has 0 N–H and O–H groups in total. The maximum absolute atomic E-state index is 13.0. The number of rotatable bonds is 6. The third-order valence-corrected chi connectivity index (χ3v) is 6.17. The van der Waals surface area contributed by atoms with Crippen LogP contribution in [-0.4, -0.2) is 44.7 Å². The van der Waals surface area contributed by atoms with Crippen molar-refractivity contribution in [3.05, 3.63) is 94.6 Å². The number of hydrogen-bond acceptors (Lipinski definition) is 8. The normalized spacial score (nSPS) is 15.5. The minimum atomic E-state index is -1.51. The van der Waals surface area contributed by atoms with Gasteiger partial charge in [-0.3, -0.25) is 38.7 Å². The molecule has 1 aromatic carbocycles. The Bertz CT molecular complexity index is 1250. The second-order valence-electron chi connectivity index (χ2n) is 8.26. The number of carbonyl (C=O) groups excluding carboxylic acids is 6. The number of benzene rings is 1. The fourth-order valence-electron chi connectivity index (χ4n) is 4.47. The Kier molecular flexibility index (Phi) is 5.13. The molecule has 2 aliphatic carbocycles. The lowest BCUT2D eigenvalue weighted by atomic mass is 9.93. The van der Waals surface area contributed by atoms with E-state index >= 15 is 0 Å². The largest absolute Gasteiger partial charge is 0.298 e. The summed E-state index contributed by atoms with van der Waals surface area (Å²) in [6.07, 6.45) is 5.77. The Hall–Kier alpha value is -4.46. The van der Waals surface area contributed by atoms with E-state index in [1.165, 1.54) is 36.9 Å². The standard InChI is InChI=1S/C26H16N2O6/c29-19(9-13-1-5-27-6-2-13)21-23(31)15-11-17-18(12-16(15)24(21)32)26(34)22(25(17)33)20(30)10-14-3-7-28-8-4-14/h1-8,11-12,21-22H,9-10H2. The van der Waals surface area contributed by atoms with Crippen molar-refractivity contribution in [3.63, 3.8) is 0 Å². The molecule has 0 bridgehead atoms. The van der Waals surface area contributed by atoms with Gasteiger partial charge in [0.15, 0.2) is 34.7 Å². The van der Waals surface area contributed by atoms with Gasteiger partial charge in [-0.1, -0.05) is 0 Å². The van der Waals surface area contributed by atoms with Crippen molar-refractivity contribution >= 4 is 34.7 Å². The predicted octanol–water partition coefficient (Wildman–Crippen LogP) is 2.09. The Morgan fingerprint density at radius 1 is 0.559 bits per heavy atom. The Balaban J connectivity index is 1.42. The highest BCUT2D eigenvalue weighted by atomic mass is 16.2. The average molecular weight is 452 g/mol. The summed E-state index contributed by atoms with van der Waals surface area (Å²) in [7, 11) is 0. The molecule has 0 radical (unpaired) electrons. The second-order valence-corrected chi connectivity index (χ2v) is 8.26. The van der Waals surface area contributed by atoms with Crippen LogP contribution in [0.1, 0.15) is 52.6 Å². The maximum Gasteiger partial charge on any atom is 0.181 e. The lowest BCUT2D eigenvalue weighted by molar-refractivity contribution is -0.120. The molecule has 0 saturated carbocycles. The number of fused-ring (bicyclic) bond motifs is 2. The summed E-state index contributed by atoms with van der Waals surface area (Å²) in [6.45, 7) is 0. The van der Waals surface area contributed by atoms with Crippen LogP contribution in [0.4, 0.5) is 0 Å². The molecule has 0 amide bonds. The SMILES string of the molecule is O=C(Cc1ccncc1)C1C(=O)c2cc3c(cc2C1=O)C(=O)C(C(=O)Cc1ccncc1)C3=O. The van der Waals surface area contributed by atoms with Gasteiger partial charge in [-0.15, -0.1) is 0 Å². The van der Waals surface area contributed by atoms with Gasteiger partial charge in [-0.2, -0.15) is 0 Å². The molecule has 5 rings (SSSR count). The summed E-state index contributed by atoms with van der Waals surface area (Å²) in [5.41, 5.74) is 0.945. The van der Waals surface area contributed by atoms with Crippen LogP contribution in [0.15, 0.2) is 61.2 Å². The molecular weight excluding hydrogens is 436 g/mol. The molecule has 0 atom stereocenters. The second kappa shape index (κ2) is 8.15. The number of pyridine rings is 2. The first-order valence-electron chi connectivity index (χ1n) is 10.5. The van der Waals surface area contributed by atoms with Crippen LogP contribution in [0.3, 0.4) is 0 Å². The van der Waals surface area contributed by atoms with Crippen molar-refractivity contribution in [2.75, 3.05) is 0 Å².